The Labute approximate surface area is 152 Å². The maximum absolute atomic E-state index is 12.7. The topological polar surface area (TPSA) is 96.9 Å². The van der Waals surface area contributed by atoms with E-state index < -0.39 is 0 Å². The number of hydrogen-bond donors (Lipinski definition) is 2. The molecule has 0 atom stereocenters. The number of methoxy groups -OCH3 is 3. The van der Waals surface area contributed by atoms with E-state index in [2.05, 4.69) is 9.97 Å². The number of aromatic amines is 1. The normalized spacial score (nSPS) is 10.5. The molecule has 2 rings (SSSR count). The lowest BCUT2D eigenvalue weighted by Gasteiger charge is -2.21. The number of aryl methyl sites for hydroxylation is 1. The van der Waals surface area contributed by atoms with E-state index in [0.717, 1.165) is 17.1 Å². The Morgan fingerprint density at radius 3 is 2.31 bits per heavy atom. The molecule has 8 heteroatoms. The van der Waals surface area contributed by atoms with Gasteiger partial charge in [-0.1, -0.05) is 0 Å². The summed E-state index contributed by atoms with van der Waals surface area (Å²) >= 11 is 0. The number of aliphatic hydroxyl groups excluding tert-OH is 1. The van der Waals surface area contributed by atoms with E-state index in [9.17, 15) is 9.90 Å². The summed E-state index contributed by atoms with van der Waals surface area (Å²) in [6.07, 6.45) is 1.83. The molecule has 0 radical (unpaired) electrons. The molecule has 142 valence electrons. The number of amides is 1. The zero-order valence-electron chi connectivity index (χ0n) is 15.5. The van der Waals surface area contributed by atoms with E-state index in [0.29, 0.717) is 23.8 Å². The highest BCUT2D eigenvalue weighted by atomic mass is 16.5. The first-order chi connectivity index (χ1) is 12.5. The van der Waals surface area contributed by atoms with Crippen molar-refractivity contribution in [1.29, 1.82) is 0 Å². The first-order valence-electron chi connectivity index (χ1n) is 8.20. The van der Waals surface area contributed by atoms with E-state index in [4.69, 9.17) is 14.2 Å². The first-order valence-corrected chi connectivity index (χ1v) is 8.20. The molecule has 8 nitrogen and oxygen atoms in total. The van der Waals surface area contributed by atoms with Crippen molar-refractivity contribution in [2.75, 3.05) is 34.5 Å². The Kier molecular flexibility index (Phi) is 6.85. The maximum Gasteiger partial charge on any atom is 0.227 e. The molecule has 26 heavy (non-hydrogen) atoms. The van der Waals surface area contributed by atoms with Crippen LogP contribution in [-0.2, 0) is 17.8 Å². The van der Waals surface area contributed by atoms with Crippen LogP contribution in [0.5, 0.6) is 17.2 Å². The summed E-state index contributed by atoms with van der Waals surface area (Å²) in [4.78, 5) is 21.5. The molecule has 1 amide bonds. The minimum atomic E-state index is -0.124. The van der Waals surface area contributed by atoms with Gasteiger partial charge in [-0.25, -0.2) is 4.98 Å². The van der Waals surface area contributed by atoms with Gasteiger partial charge in [-0.05, 0) is 24.6 Å². The number of benzene rings is 1. The summed E-state index contributed by atoms with van der Waals surface area (Å²) in [5.74, 6) is 2.12. The van der Waals surface area contributed by atoms with Crippen molar-refractivity contribution < 1.29 is 24.1 Å². The Morgan fingerprint density at radius 2 is 1.85 bits per heavy atom. The van der Waals surface area contributed by atoms with E-state index in [1.807, 2.05) is 6.92 Å². The Hall–Kier alpha value is -2.74. The van der Waals surface area contributed by atoms with Gasteiger partial charge >= 0.3 is 0 Å². The number of hydrogen-bond acceptors (Lipinski definition) is 6. The SMILES string of the molecule is COc1cc(CC(=O)N(CCO)Cc2cnc(C)[nH]2)cc(OC)c1OC. The number of H-pyrrole nitrogens is 1. The number of aliphatic hydroxyl groups is 1. The average molecular weight is 363 g/mol. The lowest BCUT2D eigenvalue weighted by atomic mass is 10.1. The summed E-state index contributed by atoms with van der Waals surface area (Å²) in [6.45, 7) is 2.32. The number of rotatable bonds is 9. The highest BCUT2D eigenvalue weighted by molar-refractivity contribution is 5.79. The summed E-state index contributed by atoms with van der Waals surface area (Å²) in [6, 6.07) is 3.49. The molecule has 0 spiro atoms. The van der Waals surface area contributed by atoms with Gasteiger partial charge in [-0.3, -0.25) is 4.79 Å². The predicted molar refractivity (Wildman–Crippen MR) is 95.6 cm³/mol. The van der Waals surface area contributed by atoms with Gasteiger partial charge < -0.3 is 29.2 Å². The monoisotopic (exact) mass is 363 g/mol. The number of imidazole rings is 1. The van der Waals surface area contributed by atoms with Crippen LogP contribution in [0.1, 0.15) is 17.1 Å². The standard InChI is InChI=1S/C18H25N3O5/c1-12-19-10-14(20-12)11-21(5-6-22)17(23)9-13-7-15(24-2)18(26-4)16(8-13)25-3/h7-8,10,22H,5-6,9,11H2,1-4H3,(H,19,20). The Morgan fingerprint density at radius 1 is 1.19 bits per heavy atom. The fraction of sp³-hybridized carbons (Fsp3) is 0.444. The highest BCUT2D eigenvalue weighted by Gasteiger charge is 2.19. The third-order valence-corrected chi connectivity index (χ3v) is 3.92. The number of ether oxygens (including phenoxy) is 3. The molecule has 0 bridgehead atoms. The summed E-state index contributed by atoms with van der Waals surface area (Å²) < 4.78 is 15.9. The van der Waals surface area contributed by atoms with E-state index >= 15 is 0 Å². The quantitative estimate of drug-likeness (QED) is 0.697. The van der Waals surface area contributed by atoms with Gasteiger partial charge in [0.2, 0.25) is 11.7 Å². The van der Waals surface area contributed by atoms with Crippen LogP contribution in [0.15, 0.2) is 18.3 Å². The van der Waals surface area contributed by atoms with Gasteiger partial charge in [-0.2, -0.15) is 0 Å². The molecule has 0 unspecified atom stereocenters. The zero-order chi connectivity index (χ0) is 19.1. The molecule has 1 aromatic carbocycles. The number of carbonyl (C=O) groups is 1. The van der Waals surface area contributed by atoms with Gasteiger partial charge in [-0.15, -0.1) is 0 Å². The second kappa shape index (κ2) is 9.10. The number of nitrogens with zero attached hydrogens (tertiary/aromatic N) is 2. The minimum absolute atomic E-state index is 0.117. The van der Waals surface area contributed by atoms with Crippen molar-refractivity contribution in [2.24, 2.45) is 0 Å². The van der Waals surface area contributed by atoms with Gasteiger partial charge in [0.15, 0.2) is 11.5 Å². The van der Waals surface area contributed by atoms with Gasteiger partial charge in [0.1, 0.15) is 5.82 Å². The van der Waals surface area contributed by atoms with E-state index in [1.54, 1.807) is 23.2 Å². The van der Waals surface area contributed by atoms with Crippen molar-refractivity contribution in [1.82, 2.24) is 14.9 Å². The van der Waals surface area contributed by atoms with Gasteiger partial charge in [0.25, 0.3) is 0 Å². The van der Waals surface area contributed by atoms with Crippen molar-refractivity contribution in [2.45, 2.75) is 19.9 Å². The van der Waals surface area contributed by atoms with Crippen molar-refractivity contribution in [3.8, 4) is 17.2 Å². The molecule has 0 saturated heterocycles. The van der Waals surface area contributed by atoms with Crippen molar-refractivity contribution in [3.05, 3.63) is 35.4 Å². The molecular formula is C18H25N3O5. The summed E-state index contributed by atoms with van der Waals surface area (Å²) in [5.41, 5.74) is 1.54. The third kappa shape index (κ3) is 4.66. The predicted octanol–water partition coefficient (Wildman–Crippen LogP) is 1.31. The first kappa shape index (κ1) is 19.6. The van der Waals surface area contributed by atoms with Crippen LogP contribution in [-0.4, -0.2) is 60.4 Å². The summed E-state index contributed by atoms with van der Waals surface area (Å²) in [7, 11) is 4.59. The van der Waals surface area contributed by atoms with Crippen LogP contribution in [0.3, 0.4) is 0 Å². The minimum Gasteiger partial charge on any atom is -0.493 e. The fourth-order valence-electron chi connectivity index (χ4n) is 2.69. The molecule has 2 aromatic rings. The Balaban J connectivity index is 2.19. The number of aromatic nitrogens is 2. The number of carbonyl (C=O) groups excluding carboxylic acids is 1. The van der Waals surface area contributed by atoms with Crippen molar-refractivity contribution >= 4 is 5.91 Å². The lowest BCUT2D eigenvalue weighted by molar-refractivity contribution is -0.131. The van der Waals surface area contributed by atoms with Gasteiger partial charge in [0.05, 0.1) is 52.8 Å². The van der Waals surface area contributed by atoms with Crippen LogP contribution in [0.2, 0.25) is 0 Å². The van der Waals surface area contributed by atoms with E-state index in [-0.39, 0.29) is 25.5 Å². The molecule has 1 heterocycles. The van der Waals surface area contributed by atoms with E-state index in [1.165, 1.54) is 21.3 Å². The molecule has 0 aliphatic carbocycles. The molecule has 2 N–H and O–H groups in total. The fourth-order valence-corrected chi connectivity index (χ4v) is 2.69. The van der Waals surface area contributed by atoms with Gasteiger partial charge in [0, 0.05) is 6.54 Å². The van der Waals surface area contributed by atoms with Crippen LogP contribution >= 0.6 is 0 Å². The largest absolute Gasteiger partial charge is 0.493 e. The molecular weight excluding hydrogens is 338 g/mol. The highest BCUT2D eigenvalue weighted by Crippen LogP contribution is 2.38. The van der Waals surface area contributed by atoms with Crippen LogP contribution in [0.4, 0.5) is 0 Å². The molecule has 1 aromatic heterocycles. The average Bonchev–Trinajstić information content (AvgIpc) is 3.05. The summed E-state index contributed by atoms with van der Waals surface area (Å²) in [5, 5.41) is 9.29. The maximum atomic E-state index is 12.7. The third-order valence-electron chi connectivity index (χ3n) is 3.92. The second-order valence-corrected chi connectivity index (χ2v) is 5.74. The second-order valence-electron chi connectivity index (χ2n) is 5.74. The Bertz CT molecular complexity index is 719. The molecule has 0 aliphatic rings. The zero-order valence-corrected chi connectivity index (χ0v) is 15.5. The molecule has 0 saturated carbocycles. The van der Waals surface area contributed by atoms with Crippen LogP contribution < -0.4 is 14.2 Å². The van der Waals surface area contributed by atoms with Crippen molar-refractivity contribution in [3.63, 3.8) is 0 Å². The smallest absolute Gasteiger partial charge is 0.227 e. The molecule has 0 aliphatic heterocycles. The van der Waals surface area contributed by atoms with Crippen LogP contribution in [0, 0.1) is 6.92 Å². The number of nitrogens with one attached hydrogen (secondary N) is 1. The van der Waals surface area contributed by atoms with Crippen LogP contribution in [0.25, 0.3) is 0 Å². The lowest BCUT2D eigenvalue weighted by Crippen LogP contribution is -2.34. The molecule has 0 fully saturated rings.